The van der Waals surface area contributed by atoms with Crippen LogP contribution in [0.3, 0.4) is 0 Å². The van der Waals surface area contributed by atoms with E-state index in [-0.39, 0.29) is 101 Å². The van der Waals surface area contributed by atoms with Gasteiger partial charge in [0.25, 0.3) is 0 Å². The molecule has 0 aliphatic heterocycles. The number of para-hydroxylation sites is 8. The van der Waals surface area contributed by atoms with E-state index in [1.807, 2.05) is 312 Å². The lowest BCUT2D eigenvalue weighted by molar-refractivity contribution is -0.00781. The molecule has 33 heteroatoms. The number of benzene rings is 10. The second-order valence-electron chi connectivity index (χ2n) is 32.4. The van der Waals surface area contributed by atoms with Crippen molar-refractivity contribution in [1.29, 1.82) is 0 Å². The molecule has 732 valence electrons. The molecular weight excluding hydrogens is 1870 g/mol. The van der Waals surface area contributed by atoms with Crippen LogP contribution in [0.4, 0.5) is 0 Å². The van der Waals surface area contributed by atoms with E-state index in [9.17, 15) is 0 Å². The van der Waals surface area contributed by atoms with Gasteiger partial charge in [0.2, 0.25) is 0 Å². The van der Waals surface area contributed by atoms with E-state index in [0.29, 0.717) is 72.4 Å². The zero-order chi connectivity index (χ0) is 95.4. The Morgan fingerprint density at radius 3 is 0.474 bits per heavy atom. The highest BCUT2D eigenvalue weighted by atomic mass is 31.2. The molecule has 20 unspecified atom stereocenters. The van der Waals surface area contributed by atoms with Gasteiger partial charge in [0, 0.05) is 11.3 Å². The summed E-state index contributed by atoms with van der Waals surface area (Å²) in [5, 5.41) is 2.58. The summed E-state index contributed by atoms with van der Waals surface area (Å²) < 4.78 is 159. The van der Waals surface area contributed by atoms with Crippen molar-refractivity contribution in [3.8, 4) is 46.0 Å². The Balaban J connectivity index is 0.645. The van der Waals surface area contributed by atoms with E-state index in [0.717, 1.165) is 12.3 Å². The highest BCUT2D eigenvalue weighted by Gasteiger charge is 2.33. The Bertz CT molecular complexity index is 4270. The molecule has 10 aromatic rings. The molecule has 0 aromatic heterocycles. The van der Waals surface area contributed by atoms with Crippen LogP contribution in [0.1, 0.15) is 96.9 Å². The summed E-state index contributed by atoms with van der Waals surface area (Å²) >= 11 is 0. The molecule has 0 saturated carbocycles. The Labute approximate surface area is 810 Å². The molecule has 0 bridgehead atoms. The van der Waals surface area contributed by atoms with E-state index in [1.54, 1.807) is 0 Å². The van der Waals surface area contributed by atoms with E-state index < -0.39 is 104 Å². The third-order valence-corrected chi connectivity index (χ3v) is 33.3. The maximum Gasteiger partial charge on any atom is 0.463 e. The van der Waals surface area contributed by atoms with Crippen molar-refractivity contribution in [1.82, 2.24) is 0 Å². The van der Waals surface area contributed by atoms with Crippen LogP contribution in [0.15, 0.2) is 303 Å². The van der Waals surface area contributed by atoms with Crippen LogP contribution in [0.5, 0.6) is 46.0 Å². The van der Waals surface area contributed by atoms with Gasteiger partial charge in [-0.3, -0.25) is 45.2 Å². The Morgan fingerprint density at radius 2 is 0.304 bits per heavy atom. The lowest BCUT2D eigenvalue weighted by atomic mass is 10.3. The van der Waals surface area contributed by atoms with Gasteiger partial charge in [-0.2, -0.15) is 0 Å². The van der Waals surface area contributed by atoms with Crippen LogP contribution >= 0.6 is 67.5 Å². The molecule has 25 nitrogen and oxygen atoms in total. The standard InChI is InChI=1S/C102H134O25P8/c1-79(110-130(120-93-45-25-15-26-46-93)112-83(5)69-105-71-85(7)118-134(124-97-53-33-19-34-54-97)125-98-55-35-20-36-56-98)65-103-67-81(3)114-132(122-95-49-29-17-30-50-95)116-87(9)73-107-75-91(13)128(101-61-41-23-42-62-101)77-89(11)109-90(12)78-129(102-63-43-24-44-64-102)92(14)76-108-74-88(10)117-133(123-96-51-31-18-32-52-96)115-82(4)68-104-66-80(2)111-131(121-94-47-27-16-28-48-94)113-84(6)70-106-72-86(8)119-135(126-99-57-37-21-38-58-99)127-100-59-39-22-40-60-100/h15-64,79-92H,65-78H2,1-14H3. The topological polar surface area (TPSA) is 231 Å². The second-order valence-corrected chi connectivity index (χ2v) is 44.0. The van der Waals surface area contributed by atoms with Gasteiger partial charge in [-0.1, -0.05) is 236 Å². The maximum absolute atomic E-state index is 7.03. The summed E-state index contributed by atoms with van der Waals surface area (Å²) in [6.45, 7) is 31.6. The van der Waals surface area contributed by atoms with E-state index >= 15 is 0 Å². The van der Waals surface area contributed by atoms with Crippen LogP contribution in [0, 0.1) is 0 Å². The number of hydrogen-bond donors (Lipinski definition) is 0. The van der Waals surface area contributed by atoms with Crippen molar-refractivity contribution in [2.45, 2.75) is 181 Å². The van der Waals surface area contributed by atoms with Gasteiger partial charge in [-0.05, 0) is 203 Å². The van der Waals surface area contributed by atoms with Crippen molar-refractivity contribution in [2.75, 3.05) is 91.6 Å². The first-order chi connectivity index (χ1) is 65.6. The third kappa shape index (κ3) is 45.7. The molecule has 20 atom stereocenters. The number of hydrogen-bond acceptors (Lipinski definition) is 25. The molecule has 0 heterocycles. The molecule has 0 N–H and O–H groups in total. The highest BCUT2D eigenvalue weighted by molar-refractivity contribution is 7.66. The minimum Gasteiger partial charge on any atom is -0.427 e. The Kier molecular flexibility index (Phi) is 52.3. The minimum absolute atomic E-state index is 0.0491. The predicted octanol–water partition coefficient (Wildman–Crippen LogP) is 26.3. The lowest BCUT2D eigenvalue weighted by Crippen LogP contribution is -2.30. The fourth-order valence-electron chi connectivity index (χ4n) is 12.7. The summed E-state index contributed by atoms with van der Waals surface area (Å²) in [4.78, 5) is 0. The largest absolute Gasteiger partial charge is 0.463 e. The normalized spacial score (nSPS) is 16.2. The quantitative estimate of drug-likeness (QED) is 0.0322. The van der Waals surface area contributed by atoms with Crippen LogP contribution < -0.4 is 46.8 Å². The first-order valence-corrected chi connectivity index (χ1v) is 55.5. The van der Waals surface area contributed by atoms with Gasteiger partial charge in [-0.15, -0.1) is 0 Å². The second kappa shape index (κ2) is 63.9. The fourth-order valence-corrected chi connectivity index (χ4v) is 24.5. The van der Waals surface area contributed by atoms with Gasteiger partial charge >= 0.3 is 51.6 Å². The fraction of sp³-hybridized carbons (Fsp3) is 0.412. The first-order valence-electron chi connectivity index (χ1n) is 45.7. The molecule has 10 aromatic carbocycles. The molecule has 0 amide bonds. The van der Waals surface area contributed by atoms with E-state index in [2.05, 4.69) is 88.4 Å². The molecule has 10 rings (SSSR count). The summed E-state index contributed by atoms with van der Waals surface area (Å²) in [7, 11) is -12.7. The van der Waals surface area contributed by atoms with Crippen LogP contribution in [-0.2, 0) is 78.4 Å². The zero-order valence-corrected chi connectivity index (χ0v) is 86.8. The zero-order valence-electron chi connectivity index (χ0n) is 79.6. The molecule has 0 spiro atoms. The first kappa shape index (κ1) is 110. The summed E-state index contributed by atoms with van der Waals surface area (Å²) in [5.74, 6) is 4.97. The molecule has 135 heavy (non-hydrogen) atoms. The smallest absolute Gasteiger partial charge is 0.427 e. The average Bonchev–Trinajstić information content (AvgIpc) is 0.850. The van der Waals surface area contributed by atoms with Gasteiger partial charge in [-0.25, -0.2) is 0 Å². The summed E-state index contributed by atoms with van der Waals surface area (Å²) in [6, 6.07) is 97.1. The molecular formula is C102H134O25P8. The number of ether oxygens (including phenoxy) is 7. The SMILES string of the molecule is CC(CP(c1ccccc1)C(C)COCC(C)OP(Oc1ccccc1)OC(C)COCC(C)OP(Oc1ccccc1)OC(C)COCC(C)OP(Oc1ccccc1)Oc1ccccc1)OC(C)CP(c1ccccc1)C(C)COCC(C)OP(Oc1ccccc1)OC(C)COCC(C)OP(Oc1ccccc1)OC(C)COCC(C)OP(Oc1ccccc1)Oc1ccccc1. The van der Waals surface area contributed by atoms with Crippen LogP contribution in [0.2, 0.25) is 0 Å². The van der Waals surface area contributed by atoms with Crippen molar-refractivity contribution in [3.63, 3.8) is 0 Å². The number of rotatable bonds is 70. The van der Waals surface area contributed by atoms with Crippen molar-refractivity contribution >= 4 is 78.1 Å². The predicted molar refractivity (Wildman–Crippen MR) is 543 cm³/mol. The van der Waals surface area contributed by atoms with Crippen molar-refractivity contribution in [2.24, 2.45) is 0 Å². The van der Waals surface area contributed by atoms with Gasteiger partial charge < -0.3 is 69.3 Å². The van der Waals surface area contributed by atoms with Crippen LogP contribution in [-0.4, -0.2) is 176 Å². The lowest BCUT2D eigenvalue weighted by Gasteiger charge is -2.32. The monoisotopic (exact) mass is 2010 g/mol. The van der Waals surface area contributed by atoms with Crippen molar-refractivity contribution < 1.29 is 115 Å². The molecule has 0 fully saturated rings. The van der Waals surface area contributed by atoms with Crippen LogP contribution in [0.25, 0.3) is 0 Å². The highest BCUT2D eigenvalue weighted by Crippen LogP contribution is 2.51. The Morgan fingerprint density at radius 1 is 0.163 bits per heavy atom. The van der Waals surface area contributed by atoms with Gasteiger partial charge in [0.1, 0.15) is 46.0 Å². The van der Waals surface area contributed by atoms with E-state index in [1.165, 1.54) is 10.6 Å². The Hall–Kier alpha value is -6.64. The molecule has 0 aliphatic carbocycles. The van der Waals surface area contributed by atoms with E-state index in [4.69, 9.17) is 115 Å². The third-order valence-electron chi connectivity index (χ3n) is 18.9. The summed E-state index contributed by atoms with van der Waals surface area (Å²) in [6.07, 6.45) is -2.51. The van der Waals surface area contributed by atoms with Gasteiger partial charge in [0.15, 0.2) is 0 Å². The van der Waals surface area contributed by atoms with Gasteiger partial charge in [0.05, 0.1) is 153 Å². The minimum atomic E-state index is -1.91. The summed E-state index contributed by atoms with van der Waals surface area (Å²) in [5.41, 5.74) is 0.362. The molecule has 0 aliphatic rings. The van der Waals surface area contributed by atoms with Crippen molar-refractivity contribution in [3.05, 3.63) is 303 Å². The molecule has 0 radical (unpaired) electrons. The maximum atomic E-state index is 7.03. The molecule has 0 saturated heterocycles. The average molecular weight is 2010 g/mol.